The van der Waals surface area contributed by atoms with Crippen molar-refractivity contribution in [3.05, 3.63) is 29.3 Å². The molecule has 1 rings (SSSR count). The van der Waals surface area contributed by atoms with E-state index < -0.39 is 5.97 Å². The smallest absolute Gasteiger partial charge is 0.323 e. The van der Waals surface area contributed by atoms with Crippen LogP contribution in [0, 0.1) is 13.8 Å². The maximum Gasteiger partial charge on any atom is 0.323 e. The predicted molar refractivity (Wildman–Crippen MR) is 70.8 cm³/mol. The van der Waals surface area contributed by atoms with Crippen LogP contribution in [0.2, 0.25) is 0 Å². The van der Waals surface area contributed by atoms with Crippen LogP contribution in [-0.4, -0.2) is 23.5 Å². The molecule has 0 aliphatic rings. The summed E-state index contributed by atoms with van der Waals surface area (Å²) in [6.07, 6.45) is 1.07. The topological polar surface area (TPSA) is 57.6 Å². The maximum absolute atomic E-state index is 12.0. The Labute approximate surface area is 107 Å². The van der Waals surface area contributed by atoms with Gasteiger partial charge in [-0.2, -0.15) is 0 Å². The Morgan fingerprint density at radius 3 is 2.44 bits per heavy atom. The van der Waals surface area contributed by atoms with E-state index in [2.05, 4.69) is 0 Å². The lowest BCUT2D eigenvalue weighted by Crippen LogP contribution is -2.36. The van der Waals surface area contributed by atoms with Gasteiger partial charge in [-0.3, -0.25) is 9.59 Å². The molecule has 1 amide bonds. The lowest BCUT2D eigenvalue weighted by Gasteiger charge is -2.23. The van der Waals surface area contributed by atoms with E-state index in [0.717, 1.165) is 11.1 Å². The van der Waals surface area contributed by atoms with Crippen molar-refractivity contribution in [1.29, 1.82) is 0 Å². The Hall–Kier alpha value is -1.84. The molecule has 4 heteroatoms. The van der Waals surface area contributed by atoms with Gasteiger partial charge in [-0.1, -0.05) is 24.6 Å². The van der Waals surface area contributed by atoms with Gasteiger partial charge in [0.15, 0.2) is 0 Å². The number of amides is 1. The summed E-state index contributed by atoms with van der Waals surface area (Å²) < 4.78 is 0. The quantitative estimate of drug-likeness (QED) is 0.872. The van der Waals surface area contributed by atoms with Gasteiger partial charge in [0.1, 0.15) is 6.54 Å². The molecule has 1 N–H and O–H groups in total. The highest BCUT2D eigenvalue weighted by molar-refractivity contribution is 5.98. The molecule has 0 fully saturated rings. The summed E-state index contributed by atoms with van der Waals surface area (Å²) in [5.74, 6) is -1.15. The first-order valence-electron chi connectivity index (χ1n) is 6.05. The van der Waals surface area contributed by atoms with E-state index in [1.165, 1.54) is 4.90 Å². The van der Waals surface area contributed by atoms with E-state index in [4.69, 9.17) is 5.11 Å². The molecule has 1 aromatic carbocycles. The van der Waals surface area contributed by atoms with Crippen LogP contribution in [0.25, 0.3) is 0 Å². The van der Waals surface area contributed by atoms with Gasteiger partial charge in [0, 0.05) is 12.1 Å². The fraction of sp³-hybridized carbons (Fsp3) is 0.429. The van der Waals surface area contributed by atoms with Gasteiger partial charge >= 0.3 is 5.97 Å². The number of aryl methyl sites for hydroxylation is 2. The van der Waals surface area contributed by atoms with E-state index in [1.54, 1.807) is 6.07 Å². The molecule has 0 spiro atoms. The Bertz CT molecular complexity index is 454. The van der Waals surface area contributed by atoms with Crippen molar-refractivity contribution in [1.82, 2.24) is 0 Å². The van der Waals surface area contributed by atoms with Crippen molar-refractivity contribution in [2.75, 3.05) is 11.4 Å². The van der Waals surface area contributed by atoms with Gasteiger partial charge in [0.25, 0.3) is 0 Å². The number of aliphatic carboxylic acids is 1. The molecule has 0 radical (unpaired) electrons. The van der Waals surface area contributed by atoms with Crippen LogP contribution in [0.3, 0.4) is 0 Å². The van der Waals surface area contributed by atoms with Gasteiger partial charge < -0.3 is 10.0 Å². The molecule has 0 aromatic heterocycles. The van der Waals surface area contributed by atoms with Crippen molar-refractivity contribution in [3.63, 3.8) is 0 Å². The summed E-state index contributed by atoms with van der Waals surface area (Å²) in [5, 5.41) is 8.91. The molecule has 4 nitrogen and oxygen atoms in total. The molecule has 0 bridgehead atoms. The van der Waals surface area contributed by atoms with Crippen LogP contribution in [-0.2, 0) is 9.59 Å². The number of carbonyl (C=O) groups is 2. The fourth-order valence-electron chi connectivity index (χ4n) is 1.90. The maximum atomic E-state index is 12.0. The molecular weight excluding hydrogens is 230 g/mol. The highest BCUT2D eigenvalue weighted by atomic mass is 16.4. The molecule has 98 valence electrons. The van der Waals surface area contributed by atoms with Gasteiger partial charge in [-0.05, 0) is 31.9 Å². The summed E-state index contributed by atoms with van der Waals surface area (Å²) in [4.78, 5) is 24.2. The molecule has 1 aromatic rings. The summed E-state index contributed by atoms with van der Waals surface area (Å²) >= 11 is 0. The Kier molecular flexibility index (Phi) is 4.89. The molecule has 18 heavy (non-hydrogen) atoms. The molecule has 0 saturated heterocycles. The number of rotatable bonds is 5. The van der Waals surface area contributed by atoms with Crippen LogP contribution < -0.4 is 4.90 Å². The Morgan fingerprint density at radius 2 is 1.94 bits per heavy atom. The summed E-state index contributed by atoms with van der Waals surface area (Å²) in [6, 6.07) is 5.64. The zero-order chi connectivity index (χ0) is 13.7. The number of benzene rings is 1. The van der Waals surface area contributed by atoms with E-state index in [9.17, 15) is 9.59 Å². The second kappa shape index (κ2) is 6.19. The first-order valence-corrected chi connectivity index (χ1v) is 6.05. The van der Waals surface area contributed by atoms with Crippen LogP contribution in [0.5, 0.6) is 0 Å². The van der Waals surface area contributed by atoms with Crippen molar-refractivity contribution in [2.45, 2.75) is 33.6 Å². The lowest BCUT2D eigenvalue weighted by atomic mass is 10.1. The third kappa shape index (κ3) is 3.58. The van der Waals surface area contributed by atoms with Crippen LogP contribution in [0.1, 0.15) is 30.9 Å². The van der Waals surface area contributed by atoms with Gasteiger partial charge in [0.2, 0.25) is 5.91 Å². The van der Waals surface area contributed by atoms with Gasteiger partial charge in [-0.15, -0.1) is 0 Å². The highest BCUT2D eigenvalue weighted by Gasteiger charge is 2.19. The van der Waals surface area contributed by atoms with E-state index in [1.807, 2.05) is 32.9 Å². The van der Waals surface area contributed by atoms with Crippen LogP contribution >= 0.6 is 0 Å². The third-order valence-corrected chi connectivity index (χ3v) is 2.70. The molecule has 0 aliphatic carbocycles. The zero-order valence-electron chi connectivity index (χ0n) is 11.1. The first-order chi connectivity index (χ1) is 8.45. The van der Waals surface area contributed by atoms with E-state index >= 15 is 0 Å². The number of carbonyl (C=O) groups excluding carboxylic acids is 1. The van der Waals surface area contributed by atoms with Crippen molar-refractivity contribution >= 4 is 17.6 Å². The number of hydrogen-bond acceptors (Lipinski definition) is 2. The molecule has 0 saturated carbocycles. The SMILES string of the molecule is CCCC(=O)N(CC(=O)O)c1ccc(C)cc1C. The average Bonchev–Trinajstić information content (AvgIpc) is 2.26. The Morgan fingerprint density at radius 1 is 1.28 bits per heavy atom. The minimum absolute atomic E-state index is 0.146. The Balaban J connectivity index is 3.08. The molecular formula is C14H19NO3. The number of carboxylic acids is 1. The minimum atomic E-state index is -1.00. The highest BCUT2D eigenvalue weighted by Crippen LogP contribution is 2.22. The summed E-state index contributed by atoms with van der Waals surface area (Å²) in [7, 11) is 0. The molecule has 0 unspecified atom stereocenters. The number of nitrogens with zero attached hydrogens (tertiary/aromatic N) is 1. The molecule has 0 aliphatic heterocycles. The van der Waals surface area contributed by atoms with E-state index in [0.29, 0.717) is 18.5 Å². The average molecular weight is 249 g/mol. The summed E-state index contributed by atoms with van der Waals surface area (Å²) in [5.41, 5.74) is 2.69. The third-order valence-electron chi connectivity index (χ3n) is 2.70. The molecule has 0 heterocycles. The standard InChI is InChI=1S/C14H19NO3/c1-4-5-13(16)15(9-14(17)18)12-7-6-10(2)8-11(12)3/h6-8H,4-5,9H2,1-3H3,(H,17,18). The number of carboxylic acid groups (broad SMARTS) is 1. The van der Waals surface area contributed by atoms with Crippen LogP contribution in [0.15, 0.2) is 18.2 Å². The fourth-order valence-corrected chi connectivity index (χ4v) is 1.90. The van der Waals surface area contributed by atoms with Gasteiger partial charge in [0.05, 0.1) is 0 Å². The summed E-state index contributed by atoms with van der Waals surface area (Å²) in [6.45, 7) is 5.46. The second-order valence-electron chi connectivity index (χ2n) is 4.41. The monoisotopic (exact) mass is 249 g/mol. The second-order valence-corrected chi connectivity index (χ2v) is 4.41. The first kappa shape index (κ1) is 14.2. The van der Waals surface area contributed by atoms with Crippen LogP contribution in [0.4, 0.5) is 5.69 Å². The van der Waals surface area contributed by atoms with Crippen molar-refractivity contribution in [2.24, 2.45) is 0 Å². The minimum Gasteiger partial charge on any atom is -0.480 e. The van der Waals surface area contributed by atoms with Crippen molar-refractivity contribution < 1.29 is 14.7 Å². The zero-order valence-corrected chi connectivity index (χ0v) is 11.1. The number of hydrogen-bond donors (Lipinski definition) is 1. The predicted octanol–water partition coefficient (Wildman–Crippen LogP) is 2.52. The van der Waals surface area contributed by atoms with Gasteiger partial charge in [-0.25, -0.2) is 0 Å². The number of anilines is 1. The largest absolute Gasteiger partial charge is 0.480 e. The van der Waals surface area contributed by atoms with Crippen molar-refractivity contribution in [3.8, 4) is 0 Å². The lowest BCUT2D eigenvalue weighted by molar-refractivity contribution is -0.136. The molecule has 0 atom stereocenters. The normalized spacial score (nSPS) is 10.2. The van der Waals surface area contributed by atoms with E-state index in [-0.39, 0.29) is 12.5 Å².